The lowest BCUT2D eigenvalue weighted by Crippen LogP contribution is -2.10. The minimum Gasteiger partial charge on any atom is -0.464 e. The predicted octanol–water partition coefficient (Wildman–Crippen LogP) is 0.252. The van der Waals surface area contributed by atoms with Crippen LogP contribution >= 0.6 is 0 Å². The Morgan fingerprint density at radius 3 is 2.79 bits per heavy atom. The van der Waals surface area contributed by atoms with E-state index < -0.39 is 9.84 Å². The molecule has 1 aliphatic heterocycles. The molecule has 0 atom stereocenters. The Balaban J connectivity index is 2.30. The van der Waals surface area contributed by atoms with Gasteiger partial charge in [0.15, 0.2) is 9.84 Å². The van der Waals surface area contributed by atoms with E-state index in [2.05, 4.69) is 0 Å². The summed E-state index contributed by atoms with van der Waals surface area (Å²) in [5, 5.41) is 0. The van der Waals surface area contributed by atoms with Crippen LogP contribution in [0.4, 0.5) is 0 Å². The molecule has 0 aromatic carbocycles. The molecule has 2 rings (SSSR count). The molecule has 0 bridgehead atoms. The fraction of sp³-hybridized carbons (Fsp3) is 0.556. The first-order valence-electron chi connectivity index (χ1n) is 4.62. The van der Waals surface area contributed by atoms with Gasteiger partial charge in [-0.1, -0.05) is 0 Å². The van der Waals surface area contributed by atoms with E-state index in [0.29, 0.717) is 19.4 Å². The molecule has 0 amide bonds. The molecule has 0 aliphatic carbocycles. The summed E-state index contributed by atoms with van der Waals surface area (Å²) in [7, 11) is -2.87. The average molecular weight is 215 g/mol. The van der Waals surface area contributed by atoms with Gasteiger partial charge in [0.25, 0.3) is 0 Å². The Morgan fingerprint density at radius 1 is 1.36 bits per heavy atom. The van der Waals surface area contributed by atoms with E-state index >= 15 is 0 Å². The fourth-order valence-electron chi connectivity index (χ4n) is 1.67. The zero-order chi connectivity index (χ0) is 10.2. The third-order valence-corrected chi connectivity index (χ3v) is 4.12. The molecule has 0 saturated heterocycles. The normalized spacial score (nSPS) is 20.1. The monoisotopic (exact) mass is 215 g/mol. The largest absolute Gasteiger partial charge is 0.464 e. The lowest BCUT2D eigenvalue weighted by Gasteiger charge is -1.96. The smallest absolute Gasteiger partial charge is 0.151 e. The zero-order valence-electron chi connectivity index (χ0n) is 7.82. The van der Waals surface area contributed by atoms with Crippen LogP contribution in [0.25, 0.3) is 0 Å². The van der Waals surface area contributed by atoms with Crippen LogP contribution in [0.1, 0.15) is 17.1 Å². The third-order valence-electron chi connectivity index (χ3n) is 2.47. The Kier molecular flexibility index (Phi) is 2.36. The molecule has 0 unspecified atom stereocenters. The highest BCUT2D eigenvalue weighted by molar-refractivity contribution is 7.91. The van der Waals surface area contributed by atoms with Gasteiger partial charge in [0, 0.05) is 6.42 Å². The van der Waals surface area contributed by atoms with Crippen LogP contribution in [0, 0.1) is 0 Å². The first-order chi connectivity index (χ1) is 6.61. The maximum Gasteiger partial charge on any atom is 0.151 e. The van der Waals surface area contributed by atoms with Crippen LogP contribution in [-0.4, -0.2) is 19.9 Å². The summed E-state index contributed by atoms with van der Waals surface area (Å²) >= 11 is 0. The second-order valence-electron chi connectivity index (χ2n) is 3.52. The predicted molar refractivity (Wildman–Crippen MR) is 52.7 cm³/mol. The number of aryl methyl sites for hydroxylation is 2. The second-order valence-corrected chi connectivity index (χ2v) is 5.82. The molecule has 5 heteroatoms. The molecule has 2 N–H and O–H groups in total. The fourth-order valence-corrected chi connectivity index (χ4v) is 2.90. The molecule has 78 valence electrons. The van der Waals surface area contributed by atoms with Gasteiger partial charge >= 0.3 is 0 Å². The van der Waals surface area contributed by atoms with E-state index in [0.717, 1.165) is 17.1 Å². The molecule has 0 fully saturated rings. The number of sulfone groups is 1. The molecule has 1 aromatic rings. The molecular formula is C9H13NO3S. The Hall–Kier alpha value is -0.810. The number of hydrogen-bond acceptors (Lipinski definition) is 4. The molecule has 2 heterocycles. The van der Waals surface area contributed by atoms with Crippen LogP contribution in [0.15, 0.2) is 10.5 Å². The zero-order valence-corrected chi connectivity index (χ0v) is 8.64. The number of rotatable bonds is 1. The maximum absolute atomic E-state index is 11.3. The van der Waals surface area contributed by atoms with Crippen molar-refractivity contribution < 1.29 is 12.8 Å². The molecule has 14 heavy (non-hydrogen) atoms. The van der Waals surface area contributed by atoms with Gasteiger partial charge in [-0.05, 0) is 18.1 Å². The lowest BCUT2D eigenvalue weighted by molar-refractivity contribution is 0.469. The highest BCUT2D eigenvalue weighted by atomic mass is 32.2. The van der Waals surface area contributed by atoms with Gasteiger partial charge < -0.3 is 10.2 Å². The summed E-state index contributed by atoms with van der Waals surface area (Å²) < 4.78 is 28.1. The highest BCUT2D eigenvalue weighted by Crippen LogP contribution is 2.20. The van der Waals surface area contributed by atoms with Gasteiger partial charge in [0.05, 0.1) is 18.1 Å². The summed E-state index contributed by atoms with van der Waals surface area (Å²) in [4.78, 5) is 0. The van der Waals surface area contributed by atoms with Crippen molar-refractivity contribution in [3.63, 3.8) is 0 Å². The van der Waals surface area contributed by atoms with E-state index in [-0.39, 0.29) is 11.5 Å². The Morgan fingerprint density at radius 2 is 2.07 bits per heavy atom. The molecule has 0 radical (unpaired) electrons. The Bertz CT molecular complexity index is 401. The summed E-state index contributed by atoms with van der Waals surface area (Å²) in [5.41, 5.74) is 6.45. The van der Waals surface area contributed by atoms with Gasteiger partial charge in [0.2, 0.25) is 0 Å². The molecule has 0 saturated carbocycles. The summed E-state index contributed by atoms with van der Waals surface area (Å²) in [6.07, 6.45) is 1.04. The highest BCUT2D eigenvalue weighted by Gasteiger charge is 2.21. The van der Waals surface area contributed by atoms with Crippen molar-refractivity contribution in [2.45, 2.75) is 19.4 Å². The average Bonchev–Trinajstić information content (AvgIpc) is 2.49. The van der Waals surface area contributed by atoms with Crippen LogP contribution in [-0.2, 0) is 29.2 Å². The van der Waals surface area contributed by atoms with Crippen molar-refractivity contribution in [3.05, 3.63) is 23.2 Å². The van der Waals surface area contributed by atoms with Gasteiger partial charge in [-0.3, -0.25) is 0 Å². The van der Waals surface area contributed by atoms with Gasteiger partial charge in [0.1, 0.15) is 11.5 Å². The first-order valence-corrected chi connectivity index (χ1v) is 6.44. The molecule has 4 nitrogen and oxygen atoms in total. The van der Waals surface area contributed by atoms with Crippen LogP contribution in [0.2, 0.25) is 0 Å². The van der Waals surface area contributed by atoms with Crippen molar-refractivity contribution in [1.82, 2.24) is 0 Å². The van der Waals surface area contributed by atoms with E-state index in [1.165, 1.54) is 0 Å². The first kappa shape index (κ1) is 9.73. The molecule has 1 aromatic heterocycles. The summed E-state index contributed by atoms with van der Waals surface area (Å²) in [5.74, 6) is 1.96. The van der Waals surface area contributed by atoms with Gasteiger partial charge in [-0.15, -0.1) is 0 Å². The number of fused-ring (bicyclic) bond motifs is 1. The van der Waals surface area contributed by atoms with Crippen molar-refractivity contribution in [2.24, 2.45) is 5.73 Å². The van der Waals surface area contributed by atoms with Crippen LogP contribution in [0.3, 0.4) is 0 Å². The van der Waals surface area contributed by atoms with E-state index in [4.69, 9.17) is 10.2 Å². The van der Waals surface area contributed by atoms with Crippen LogP contribution in [0.5, 0.6) is 0 Å². The van der Waals surface area contributed by atoms with Crippen molar-refractivity contribution in [1.29, 1.82) is 0 Å². The molecule has 0 spiro atoms. The number of nitrogens with two attached hydrogens (primary N) is 1. The van der Waals surface area contributed by atoms with Gasteiger partial charge in [-0.2, -0.15) is 0 Å². The number of hydrogen-bond donors (Lipinski definition) is 1. The van der Waals surface area contributed by atoms with Crippen molar-refractivity contribution in [2.75, 3.05) is 11.5 Å². The summed E-state index contributed by atoms with van der Waals surface area (Å²) in [6, 6.07) is 1.87. The standard InChI is InChI=1S/C9H13NO3S/c10-6-8-5-7-1-3-14(11,12)4-2-9(7)13-8/h5H,1-4,6,10H2. The van der Waals surface area contributed by atoms with E-state index in [1.54, 1.807) is 0 Å². The van der Waals surface area contributed by atoms with E-state index in [9.17, 15) is 8.42 Å². The van der Waals surface area contributed by atoms with Crippen LogP contribution < -0.4 is 5.73 Å². The second kappa shape index (κ2) is 3.40. The quantitative estimate of drug-likeness (QED) is 0.729. The summed E-state index contributed by atoms with van der Waals surface area (Å²) in [6.45, 7) is 0.375. The molecular weight excluding hydrogens is 202 g/mol. The third kappa shape index (κ3) is 1.83. The topological polar surface area (TPSA) is 73.3 Å². The number of furan rings is 1. The van der Waals surface area contributed by atoms with Crippen molar-refractivity contribution >= 4 is 9.84 Å². The SMILES string of the molecule is NCc1cc2c(o1)CCS(=O)(=O)CC2. The van der Waals surface area contributed by atoms with Crippen molar-refractivity contribution in [3.8, 4) is 0 Å². The minimum atomic E-state index is -2.87. The van der Waals surface area contributed by atoms with E-state index in [1.807, 2.05) is 6.07 Å². The van der Waals surface area contributed by atoms with Gasteiger partial charge in [-0.25, -0.2) is 8.42 Å². The minimum absolute atomic E-state index is 0.192. The molecule has 1 aliphatic rings. The Labute approximate surface area is 83.0 Å². The lowest BCUT2D eigenvalue weighted by atomic mass is 10.1. The maximum atomic E-state index is 11.3.